The summed E-state index contributed by atoms with van der Waals surface area (Å²) >= 11 is 0. The number of methoxy groups -OCH3 is 1. The van der Waals surface area contributed by atoms with Crippen LogP contribution in [0.5, 0.6) is 0 Å². The maximum absolute atomic E-state index is 14.1. The number of hydrogen-bond acceptors (Lipinski definition) is 6. The van der Waals surface area contributed by atoms with Gasteiger partial charge in [-0.05, 0) is 92.5 Å². The van der Waals surface area contributed by atoms with E-state index in [2.05, 4.69) is 41.5 Å². The number of likely N-dealkylation sites (tertiary alicyclic amines) is 1. The molecule has 1 saturated heterocycles. The molecule has 4 fully saturated rings. The maximum Gasteiger partial charge on any atom is 0.270 e. The van der Waals surface area contributed by atoms with Crippen molar-refractivity contribution in [1.29, 1.82) is 0 Å². The van der Waals surface area contributed by atoms with Gasteiger partial charge in [0.15, 0.2) is 5.88 Å². The molecule has 2 heterocycles. The number of hydrogen-bond donors (Lipinski definition) is 3. The topological polar surface area (TPSA) is 118 Å². The first-order valence-corrected chi connectivity index (χ1v) is 17.0. The number of nitrogens with zero attached hydrogens (tertiary/aromatic N) is 3. The zero-order valence-electron chi connectivity index (χ0n) is 27.8. The molecule has 3 amide bonds. The Morgan fingerprint density at radius 1 is 1.00 bits per heavy atom. The number of carbonyl (C=O) groups excluding carboxylic acids is 3. The fourth-order valence-corrected chi connectivity index (χ4v) is 7.90. The number of aryl methyl sites for hydroxylation is 1. The van der Waals surface area contributed by atoms with Gasteiger partial charge in [-0.15, -0.1) is 0 Å². The molecule has 0 bridgehead atoms. The van der Waals surface area contributed by atoms with Gasteiger partial charge in [0.25, 0.3) is 5.91 Å². The molecule has 10 nitrogen and oxygen atoms in total. The van der Waals surface area contributed by atoms with Crippen molar-refractivity contribution < 1.29 is 19.1 Å². The van der Waals surface area contributed by atoms with Gasteiger partial charge in [-0.25, -0.2) is 0 Å². The number of anilines is 1. The third-order valence-corrected chi connectivity index (χ3v) is 11.7. The summed E-state index contributed by atoms with van der Waals surface area (Å²) in [7, 11) is 3.33. The lowest BCUT2D eigenvalue weighted by Crippen LogP contribution is -2.54. The molecule has 46 heavy (non-hydrogen) atoms. The third-order valence-electron chi connectivity index (χ3n) is 11.7. The van der Waals surface area contributed by atoms with Gasteiger partial charge < -0.3 is 25.6 Å². The lowest BCUT2D eigenvalue weighted by atomic mass is 9.66. The van der Waals surface area contributed by atoms with Crippen LogP contribution in [0.4, 0.5) is 5.69 Å². The van der Waals surface area contributed by atoms with Crippen LogP contribution in [0, 0.1) is 23.2 Å². The maximum atomic E-state index is 14.1. The summed E-state index contributed by atoms with van der Waals surface area (Å²) in [6, 6.07) is 8.78. The second kappa shape index (κ2) is 12.8. The van der Waals surface area contributed by atoms with Crippen LogP contribution in [0.3, 0.4) is 0 Å². The quantitative estimate of drug-likeness (QED) is 0.275. The molecule has 10 heteroatoms. The summed E-state index contributed by atoms with van der Waals surface area (Å²) in [4.78, 5) is 43.5. The Bertz CT molecular complexity index is 1460. The number of amides is 3. The molecular weight excluding hydrogens is 580 g/mol. The molecule has 4 atom stereocenters. The Morgan fingerprint density at radius 2 is 1.67 bits per heavy atom. The molecular formula is C36H50N6O4. The monoisotopic (exact) mass is 630 g/mol. The number of nitrogens with one attached hydrogen (secondary N) is 3. The van der Waals surface area contributed by atoms with E-state index in [1.165, 1.54) is 11.1 Å². The lowest BCUT2D eigenvalue weighted by molar-refractivity contribution is -0.127. The molecule has 1 aliphatic heterocycles. The molecule has 1 aromatic carbocycles. The minimum absolute atomic E-state index is 0.0223. The fourth-order valence-electron chi connectivity index (χ4n) is 7.90. The van der Waals surface area contributed by atoms with Crippen molar-refractivity contribution in [3.05, 3.63) is 60.2 Å². The molecule has 1 aromatic heterocycles. The summed E-state index contributed by atoms with van der Waals surface area (Å²) in [5.74, 6) is 1.06. The lowest BCUT2D eigenvalue weighted by Gasteiger charge is -2.42. The predicted molar refractivity (Wildman–Crippen MR) is 177 cm³/mol. The van der Waals surface area contributed by atoms with Gasteiger partial charge in [-0.1, -0.05) is 44.7 Å². The summed E-state index contributed by atoms with van der Waals surface area (Å²) in [6.07, 6.45) is 11.2. The van der Waals surface area contributed by atoms with Crippen LogP contribution in [0.15, 0.2) is 49.0 Å². The van der Waals surface area contributed by atoms with Gasteiger partial charge in [0.1, 0.15) is 11.7 Å². The van der Waals surface area contributed by atoms with E-state index in [0.29, 0.717) is 48.6 Å². The van der Waals surface area contributed by atoms with Crippen LogP contribution >= 0.6 is 0 Å². The first-order chi connectivity index (χ1) is 22.0. The zero-order chi connectivity index (χ0) is 32.6. The van der Waals surface area contributed by atoms with E-state index >= 15 is 0 Å². The Hall–Kier alpha value is -3.82. The molecule has 2 aromatic rings. The highest BCUT2D eigenvalue weighted by atomic mass is 16.5. The van der Waals surface area contributed by atoms with Crippen molar-refractivity contribution >= 4 is 23.4 Å². The Morgan fingerprint density at radius 3 is 2.22 bits per heavy atom. The van der Waals surface area contributed by atoms with Crippen molar-refractivity contribution in [2.24, 2.45) is 30.2 Å². The third kappa shape index (κ3) is 6.15. The second-order valence-electron chi connectivity index (χ2n) is 14.5. The summed E-state index contributed by atoms with van der Waals surface area (Å²) in [6.45, 7) is 9.53. The van der Waals surface area contributed by atoms with Crippen LogP contribution in [0.1, 0.15) is 87.7 Å². The Kier molecular flexibility index (Phi) is 8.91. The summed E-state index contributed by atoms with van der Waals surface area (Å²) < 4.78 is 6.96. The van der Waals surface area contributed by atoms with E-state index < -0.39 is 11.5 Å². The van der Waals surface area contributed by atoms with Gasteiger partial charge in [-0.2, -0.15) is 5.10 Å². The summed E-state index contributed by atoms with van der Waals surface area (Å²) in [5, 5.41) is 13.7. The second-order valence-corrected chi connectivity index (χ2v) is 14.5. The Balaban J connectivity index is 1.23. The molecule has 0 radical (unpaired) electrons. The highest BCUT2D eigenvalue weighted by Gasteiger charge is 2.54. The normalized spacial score (nSPS) is 24.1. The summed E-state index contributed by atoms with van der Waals surface area (Å²) in [5.41, 5.74) is 1.23. The first-order valence-electron chi connectivity index (χ1n) is 17.0. The molecule has 0 spiro atoms. The number of ether oxygens (including phenoxy) is 1. The standard InChI is InChI=1S/C36H50N6O4/c1-23(25-8-6-9-25)38-34(45)36(19-21-42(22-36)24(2)46-5)27-12-14-28(15-13-27)39-33(44)31(40-32(43)29-16-20-37-41(29)4)30(26-10-7-11-26)35(3)17-18-35/h12-16,20,23,25-26,30-31H,2,6-11,17-19,21-22H2,1,3-5H3,(H,38,45)(H,39,44)(H,40,43)/t23?,30?,31-,36?/m0/s1. The number of carbonyl (C=O) groups is 3. The fraction of sp³-hybridized carbons (Fsp3) is 0.611. The Labute approximate surface area is 272 Å². The number of rotatable bonds is 13. The van der Waals surface area contributed by atoms with Gasteiger partial charge in [0.05, 0.1) is 12.5 Å². The van der Waals surface area contributed by atoms with Crippen LogP contribution in [0.2, 0.25) is 0 Å². The molecule has 4 aliphatic rings. The number of aromatic nitrogens is 2. The van der Waals surface area contributed by atoms with Crippen molar-refractivity contribution in [1.82, 2.24) is 25.3 Å². The predicted octanol–water partition coefficient (Wildman–Crippen LogP) is 4.74. The van der Waals surface area contributed by atoms with E-state index in [-0.39, 0.29) is 35.1 Å². The van der Waals surface area contributed by atoms with E-state index in [1.807, 2.05) is 29.2 Å². The van der Waals surface area contributed by atoms with E-state index in [4.69, 9.17) is 4.74 Å². The molecule has 3 saturated carbocycles. The van der Waals surface area contributed by atoms with Crippen molar-refractivity contribution in [2.45, 2.75) is 89.1 Å². The van der Waals surface area contributed by atoms with Gasteiger partial charge >= 0.3 is 0 Å². The highest BCUT2D eigenvalue weighted by molar-refractivity contribution is 6.01. The van der Waals surface area contributed by atoms with Crippen LogP contribution in [-0.2, 0) is 26.8 Å². The molecule has 3 N–H and O–H groups in total. The van der Waals surface area contributed by atoms with E-state index in [1.54, 1.807) is 26.4 Å². The zero-order valence-corrected chi connectivity index (χ0v) is 27.8. The van der Waals surface area contributed by atoms with Crippen LogP contribution in [0.25, 0.3) is 0 Å². The molecule has 6 rings (SSSR count). The molecule has 3 aliphatic carbocycles. The van der Waals surface area contributed by atoms with Gasteiger partial charge in [0, 0.05) is 38.1 Å². The smallest absolute Gasteiger partial charge is 0.270 e. The molecule has 3 unspecified atom stereocenters. The average molecular weight is 631 g/mol. The largest absolute Gasteiger partial charge is 0.483 e. The molecule has 248 valence electrons. The van der Waals surface area contributed by atoms with Crippen molar-refractivity contribution in [3.63, 3.8) is 0 Å². The first kappa shape index (κ1) is 32.1. The minimum Gasteiger partial charge on any atom is -0.483 e. The highest BCUT2D eigenvalue weighted by Crippen LogP contribution is 2.58. The number of benzene rings is 1. The van der Waals surface area contributed by atoms with Crippen molar-refractivity contribution in [2.75, 3.05) is 25.5 Å². The van der Waals surface area contributed by atoms with Gasteiger partial charge in [0.2, 0.25) is 11.8 Å². The van der Waals surface area contributed by atoms with Gasteiger partial charge in [-0.3, -0.25) is 19.1 Å². The van der Waals surface area contributed by atoms with Crippen molar-refractivity contribution in [3.8, 4) is 0 Å². The van der Waals surface area contributed by atoms with Crippen LogP contribution in [-0.4, -0.2) is 64.7 Å². The SMILES string of the molecule is C=C(OC)N1CCC(C(=O)NC(C)C2CCC2)(c2ccc(NC(=O)[C@@H](NC(=O)c3ccnn3C)C(C3CCC3)C3(C)CC3)cc2)C1. The average Bonchev–Trinajstić information content (AvgIpc) is 3.35. The van der Waals surface area contributed by atoms with Crippen LogP contribution < -0.4 is 16.0 Å². The van der Waals surface area contributed by atoms with E-state index in [9.17, 15) is 14.4 Å². The minimum atomic E-state index is -0.766. The van der Waals surface area contributed by atoms with E-state index in [0.717, 1.165) is 50.5 Å².